The van der Waals surface area contributed by atoms with E-state index in [1.165, 1.54) is 0 Å². The van der Waals surface area contributed by atoms with Crippen LogP contribution in [0.25, 0.3) is 10.9 Å². The number of primary amides is 1. The topological polar surface area (TPSA) is 118 Å². The molecule has 1 amide bonds. The van der Waals surface area contributed by atoms with Gasteiger partial charge in [0.25, 0.3) is 5.91 Å². The van der Waals surface area contributed by atoms with Crippen molar-refractivity contribution in [3.8, 4) is 17.2 Å². The quantitative estimate of drug-likeness (QED) is 0.464. The van der Waals surface area contributed by atoms with Gasteiger partial charge in [-0.15, -0.1) is 0 Å². The first-order chi connectivity index (χ1) is 15.6. The number of nitrogens with two attached hydrogens (primary N) is 1. The molecule has 0 atom stereocenters. The number of aromatic nitrogens is 2. The Bertz CT molecular complexity index is 1040. The van der Waals surface area contributed by atoms with Crippen LogP contribution >= 0.6 is 0 Å². The van der Waals surface area contributed by atoms with E-state index < -0.39 is 5.91 Å². The van der Waals surface area contributed by atoms with Crippen LogP contribution < -0.4 is 15.2 Å². The van der Waals surface area contributed by atoms with E-state index in [1.54, 1.807) is 25.4 Å². The number of ether oxygens (including phenoxy) is 5. The summed E-state index contributed by atoms with van der Waals surface area (Å²) >= 11 is 0. The largest absolute Gasteiger partial charge is 0.488 e. The van der Waals surface area contributed by atoms with Crippen LogP contribution in [0.3, 0.4) is 0 Å². The van der Waals surface area contributed by atoms with Gasteiger partial charge in [-0.3, -0.25) is 9.78 Å². The highest BCUT2D eigenvalue weighted by Gasteiger charge is 2.19. The molecule has 4 rings (SSSR count). The molecule has 1 fully saturated rings. The smallest absolute Gasteiger partial charge is 0.265 e. The molecule has 3 heterocycles. The summed E-state index contributed by atoms with van der Waals surface area (Å²) in [6.45, 7) is 2.77. The van der Waals surface area contributed by atoms with Crippen LogP contribution in [-0.2, 0) is 20.8 Å². The molecule has 2 aromatic heterocycles. The first-order valence-electron chi connectivity index (χ1n) is 10.5. The second-order valence-corrected chi connectivity index (χ2v) is 7.50. The lowest BCUT2D eigenvalue weighted by atomic mass is 10.1. The van der Waals surface area contributed by atoms with Crippen molar-refractivity contribution in [2.75, 3.05) is 33.5 Å². The second kappa shape index (κ2) is 10.4. The van der Waals surface area contributed by atoms with E-state index in [-0.39, 0.29) is 6.10 Å². The van der Waals surface area contributed by atoms with E-state index in [1.807, 2.05) is 18.2 Å². The fraction of sp³-hybridized carbons (Fsp3) is 0.391. The van der Waals surface area contributed by atoms with E-state index in [0.29, 0.717) is 61.5 Å². The minimum Gasteiger partial charge on any atom is -0.488 e. The lowest BCUT2D eigenvalue weighted by Gasteiger charge is -2.24. The van der Waals surface area contributed by atoms with Crippen molar-refractivity contribution in [3.63, 3.8) is 0 Å². The Morgan fingerprint density at radius 2 is 2.03 bits per heavy atom. The van der Waals surface area contributed by atoms with Gasteiger partial charge in [0, 0.05) is 31.4 Å². The average molecular weight is 441 g/mol. The number of methoxy groups -OCH3 is 1. The Hall–Kier alpha value is -3.14. The molecule has 170 valence electrons. The van der Waals surface area contributed by atoms with Gasteiger partial charge in [0.2, 0.25) is 0 Å². The summed E-state index contributed by atoms with van der Waals surface area (Å²) in [4.78, 5) is 19.1. The molecule has 0 saturated carbocycles. The summed E-state index contributed by atoms with van der Waals surface area (Å²) in [7, 11) is 1.63. The molecular weight excluding hydrogens is 414 g/mol. The standard InChI is InChI=1S/C23H27N3O6/c1-28-8-9-30-14-16-2-3-18(13-25-16)31-19-10-15-11-20(23(24)27)26-22(15)21(12-19)32-17-4-6-29-7-5-17/h2-3,10-13,17,26H,4-9,14H2,1H3,(H2,24,27). The van der Waals surface area contributed by atoms with Gasteiger partial charge in [0.05, 0.1) is 50.4 Å². The van der Waals surface area contributed by atoms with Crippen LogP contribution in [0, 0.1) is 0 Å². The number of benzene rings is 1. The molecule has 9 nitrogen and oxygen atoms in total. The van der Waals surface area contributed by atoms with Gasteiger partial charge in [-0.1, -0.05) is 0 Å². The lowest BCUT2D eigenvalue weighted by Crippen LogP contribution is -2.26. The number of nitrogens with one attached hydrogen (secondary N) is 1. The third-order valence-electron chi connectivity index (χ3n) is 5.11. The third-order valence-corrected chi connectivity index (χ3v) is 5.11. The number of amides is 1. The first-order valence-corrected chi connectivity index (χ1v) is 10.5. The number of pyridine rings is 1. The monoisotopic (exact) mass is 441 g/mol. The van der Waals surface area contributed by atoms with Crippen molar-refractivity contribution in [3.05, 3.63) is 47.9 Å². The number of carbonyl (C=O) groups excluding carboxylic acids is 1. The normalized spacial score (nSPS) is 14.5. The van der Waals surface area contributed by atoms with Gasteiger partial charge in [0.1, 0.15) is 29.0 Å². The van der Waals surface area contributed by atoms with Gasteiger partial charge < -0.3 is 34.4 Å². The molecule has 1 aliphatic heterocycles. The van der Waals surface area contributed by atoms with Gasteiger partial charge in [0.15, 0.2) is 0 Å². The molecule has 0 spiro atoms. The first kappa shape index (κ1) is 22.1. The number of fused-ring (bicyclic) bond motifs is 1. The molecule has 3 aromatic rings. The molecule has 1 aliphatic rings. The summed E-state index contributed by atoms with van der Waals surface area (Å²) in [5.41, 5.74) is 7.27. The summed E-state index contributed by atoms with van der Waals surface area (Å²) in [5.74, 6) is 1.22. The molecule has 0 bridgehead atoms. The number of nitrogens with zero attached hydrogens (tertiary/aromatic N) is 1. The molecule has 1 saturated heterocycles. The number of aromatic amines is 1. The highest BCUT2D eigenvalue weighted by molar-refractivity contribution is 5.99. The SMILES string of the molecule is COCCOCc1ccc(Oc2cc(OC3CCOCC3)c3[nH]c(C(N)=O)cc3c2)cn1. The lowest BCUT2D eigenvalue weighted by molar-refractivity contribution is 0.0260. The van der Waals surface area contributed by atoms with E-state index >= 15 is 0 Å². The van der Waals surface area contributed by atoms with Crippen molar-refractivity contribution in [2.24, 2.45) is 5.73 Å². The van der Waals surface area contributed by atoms with Crippen molar-refractivity contribution < 1.29 is 28.5 Å². The molecule has 1 aromatic carbocycles. The van der Waals surface area contributed by atoms with Crippen molar-refractivity contribution >= 4 is 16.8 Å². The van der Waals surface area contributed by atoms with Gasteiger partial charge in [-0.2, -0.15) is 0 Å². The maximum absolute atomic E-state index is 11.7. The molecule has 0 unspecified atom stereocenters. The molecule has 0 radical (unpaired) electrons. The Labute approximate surface area is 185 Å². The molecule has 9 heteroatoms. The highest BCUT2D eigenvalue weighted by Crippen LogP contribution is 2.35. The number of hydrogen-bond acceptors (Lipinski definition) is 7. The predicted octanol–water partition coefficient (Wildman–Crippen LogP) is 3.17. The Morgan fingerprint density at radius 1 is 1.19 bits per heavy atom. The Morgan fingerprint density at radius 3 is 2.75 bits per heavy atom. The van der Waals surface area contributed by atoms with Crippen molar-refractivity contribution in [1.82, 2.24) is 9.97 Å². The van der Waals surface area contributed by atoms with Crippen LogP contribution in [0.5, 0.6) is 17.2 Å². The third kappa shape index (κ3) is 5.56. The minimum absolute atomic E-state index is 0.0292. The number of H-pyrrole nitrogens is 1. The van der Waals surface area contributed by atoms with Crippen molar-refractivity contribution in [1.29, 1.82) is 0 Å². The zero-order chi connectivity index (χ0) is 22.3. The average Bonchev–Trinajstić information content (AvgIpc) is 3.24. The molecule has 3 N–H and O–H groups in total. The number of rotatable bonds is 10. The summed E-state index contributed by atoms with van der Waals surface area (Å²) in [6.07, 6.45) is 3.27. The van der Waals surface area contributed by atoms with Gasteiger partial charge in [-0.25, -0.2) is 0 Å². The summed E-state index contributed by atoms with van der Waals surface area (Å²) in [6, 6.07) is 9.01. The molecular formula is C23H27N3O6. The Balaban J connectivity index is 1.53. The van der Waals surface area contributed by atoms with Gasteiger partial charge >= 0.3 is 0 Å². The maximum Gasteiger partial charge on any atom is 0.265 e. The van der Waals surface area contributed by atoms with Crippen LogP contribution in [0.1, 0.15) is 29.0 Å². The number of hydrogen-bond donors (Lipinski definition) is 2. The second-order valence-electron chi connectivity index (χ2n) is 7.50. The van der Waals surface area contributed by atoms with Crippen LogP contribution in [0.2, 0.25) is 0 Å². The van der Waals surface area contributed by atoms with Crippen molar-refractivity contribution in [2.45, 2.75) is 25.6 Å². The molecule has 0 aliphatic carbocycles. The fourth-order valence-corrected chi connectivity index (χ4v) is 3.45. The van der Waals surface area contributed by atoms with Crippen LogP contribution in [-0.4, -0.2) is 55.5 Å². The van der Waals surface area contributed by atoms with Crippen LogP contribution in [0.4, 0.5) is 0 Å². The van der Waals surface area contributed by atoms with E-state index in [9.17, 15) is 4.79 Å². The highest BCUT2D eigenvalue weighted by atomic mass is 16.5. The zero-order valence-corrected chi connectivity index (χ0v) is 18.0. The maximum atomic E-state index is 11.7. The fourth-order valence-electron chi connectivity index (χ4n) is 3.45. The zero-order valence-electron chi connectivity index (χ0n) is 18.0. The molecule has 32 heavy (non-hydrogen) atoms. The minimum atomic E-state index is -0.534. The number of carbonyl (C=O) groups is 1. The summed E-state index contributed by atoms with van der Waals surface area (Å²) in [5, 5.41) is 0.773. The van der Waals surface area contributed by atoms with Crippen LogP contribution in [0.15, 0.2) is 36.5 Å². The summed E-state index contributed by atoms with van der Waals surface area (Å²) < 4.78 is 28.1. The van der Waals surface area contributed by atoms with E-state index in [2.05, 4.69) is 9.97 Å². The van der Waals surface area contributed by atoms with E-state index in [0.717, 1.165) is 23.9 Å². The Kier molecular flexibility index (Phi) is 7.21. The van der Waals surface area contributed by atoms with Gasteiger partial charge in [-0.05, 0) is 24.3 Å². The predicted molar refractivity (Wildman–Crippen MR) is 117 cm³/mol. The van der Waals surface area contributed by atoms with E-state index in [4.69, 9.17) is 29.4 Å².